The van der Waals surface area contributed by atoms with Crippen molar-refractivity contribution in [2.24, 2.45) is 22.7 Å². The summed E-state index contributed by atoms with van der Waals surface area (Å²) < 4.78 is 16.2. The number of carbonyl (C=O) groups excluding carboxylic acids is 3. The summed E-state index contributed by atoms with van der Waals surface area (Å²) in [5.41, 5.74) is 2.18. The topological polar surface area (TPSA) is 78.9 Å². The van der Waals surface area contributed by atoms with E-state index in [9.17, 15) is 14.4 Å². The number of hydrogen-bond donors (Lipinski definition) is 0. The van der Waals surface area contributed by atoms with Gasteiger partial charge in [-0.05, 0) is 67.8 Å². The summed E-state index contributed by atoms with van der Waals surface area (Å²) in [5, 5.41) is 0. The van der Waals surface area contributed by atoms with E-state index in [1.54, 1.807) is 6.08 Å². The van der Waals surface area contributed by atoms with Crippen molar-refractivity contribution in [2.45, 2.75) is 86.7 Å². The van der Waals surface area contributed by atoms with Gasteiger partial charge in [0.15, 0.2) is 0 Å². The van der Waals surface area contributed by atoms with Crippen molar-refractivity contribution in [1.29, 1.82) is 0 Å². The van der Waals surface area contributed by atoms with Gasteiger partial charge >= 0.3 is 17.9 Å². The van der Waals surface area contributed by atoms with Gasteiger partial charge in [0.25, 0.3) is 0 Å². The molecule has 0 aromatic rings. The molecule has 0 unspecified atom stereocenters. The molecule has 0 amide bonds. The zero-order chi connectivity index (χ0) is 24.1. The summed E-state index contributed by atoms with van der Waals surface area (Å²) in [5.74, 6) is -0.281. The Hall–Kier alpha value is -2.11. The van der Waals surface area contributed by atoms with E-state index in [0.29, 0.717) is 23.8 Å². The second-order valence-electron chi connectivity index (χ2n) is 10.0. The first-order valence-corrected chi connectivity index (χ1v) is 11.7. The van der Waals surface area contributed by atoms with Crippen LogP contribution in [0.5, 0.6) is 0 Å². The number of hydrogen-bond acceptors (Lipinski definition) is 6. The minimum absolute atomic E-state index is 0.000128. The van der Waals surface area contributed by atoms with Gasteiger partial charge in [-0.3, -0.25) is 14.4 Å². The monoisotopic (exact) mass is 448 g/mol. The minimum atomic E-state index is -0.552. The highest BCUT2D eigenvalue weighted by molar-refractivity contribution is 5.67. The Labute approximate surface area is 192 Å². The Morgan fingerprint density at radius 3 is 2.34 bits per heavy atom. The lowest BCUT2D eigenvalue weighted by molar-refractivity contribution is -0.150. The predicted octanol–water partition coefficient (Wildman–Crippen LogP) is 5.16. The van der Waals surface area contributed by atoms with Crippen LogP contribution in [0.1, 0.15) is 80.6 Å². The first-order chi connectivity index (χ1) is 14.9. The zero-order valence-corrected chi connectivity index (χ0v) is 20.8. The maximum atomic E-state index is 12.1. The molecule has 0 spiro atoms. The van der Waals surface area contributed by atoms with Crippen LogP contribution < -0.4 is 0 Å². The average Bonchev–Trinajstić information content (AvgIpc) is 2.68. The van der Waals surface area contributed by atoms with Crippen LogP contribution in [0, 0.1) is 22.7 Å². The molecule has 180 valence electrons. The molecule has 1 saturated carbocycles. The molecule has 6 nitrogen and oxygen atoms in total. The fourth-order valence-corrected chi connectivity index (χ4v) is 5.84. The molecule has 2 aliphatic rings. The van der Waals surface area contributed by atoms with E-state index >= 15 is 0 Å². The maximum Gasteiger partial charge on any atom is 0.303 e. The Morgan fingerprint density at radius 1 is 1.09 bits per heavy atom. The lowest BCUT2D eigenvalue weighted by Crippen LogP contribution is -2.51. The molecule has 0 radical (unpaired) electrons. The Bertz CT molecular complexity index is 781. The third-order valence-corrected chi connectivity index (χ3v) is 8.02. The van der Waals surface area contributed by atoms with Crippen molar-refractivity contribution in [1.82, 2.24) is 0 Å². The largest absolute Gasteiger partial charge is 0.462 e. The van der Waals surface area contributed by atoms with Crippen molar-refractivity contribution in [3.63, 3.8) is 0 Å². The summed E-state index contributed by atoms with van der Waals surface area (Å²) in [6.07, 6.45) is 8.61. The molecule has 5 atom stereocenters. The number of rotatable bonds is 8. The normalized spacial score (nSPS) is 31.1. The molecule has 6 heteroatoms. The van der Waals surface area contributed by atoms with E-state index in [2.05, 4.69) is 33.8 Å². The highest BCUT2D eigenvalue weighted by Gasteiger charge is 2.54. The molecular formula is C26H40O6. The molecule has 0 aromatic carbocycles. The first-order valence-electron chi connectivity index (χ1n) is 11.7. The third-order valence-electron chi connectivity index (χ3n) is 8.02. The second kappa shape index (κ2) is 10.7. The Kier molecular flexibility index (Phi) is 8.72. The molecule has 32 heavy (non-hydrogen) atoms. The van der Waals surface area contributed by atoms with E-state index < -0.39 is 18.0 Å². The highest BCUT2D eigenvalue weighted by Crippen LogP contribution is 2.62. The molecular weight excluding hydrogens is 408 g/mol. The SMILES string of the molecule is CC(=O)OC/C=C(\COC(C)=O)[C@@H](C[C@@]1(C)[C@H](C)CC[C@@]2(C)C(C)=CCC[C@H]12)OC(C)=O. The zero-order valence-electron chi connectivity index (χ0n) is 20.8. The molecule has 0 heterocycles. The first kappa shape index (κ1) is 26.1. The van der Waals surface area contributed by atoms with E-state index in [0.717, 1.165) is 25.7 Å². The molecule has 0 bridgehead atoms. The van der Waals surface area contributed by atoms with Crippen LogP contribution in [0.15, 0.2) is 23.3 Å². The van der Waals surface area contributed by atoms with Crippen molar-refractivity contribution in [2.75, 3.05) is 13.2 Å². The van der Waals surface area contributed by atoms with Crippen LogP contribution in [0.3, 0.4) is 0 Å². The van der Waals surface area contributed by atoms with Crippen molar-refractivity contribution < 1.29 is 28.6 Å². The summed E-state index contributed by atoms with van der Waals surface area (Å²) in [7, 11) is 0. The van der Waals surface area contributed by atoms with Gasteiger partial charge in [-0.25, -0.2) is 0 Å². The standard InChI is InChI=1S/C26H40O6/c1-17-9-8-10-24-25(17,6)13-11-18(2)26(24,7)15-23(32-21(5)29)22(16-31-20(4)28)12-14-30-19(3)27/h9,12,18,23-24H,8,10-11,13-16H2,1-7H3/b22-12+/t18-,23-,24+,25+,26+/m1/s1. The van der Waals surface area contributed by atoms with Gasteiger partial charge in [0.2, 0.25) is 0 Å². The van der Waals surface area contributed by atoms with Crippen LogP contribution in [0.2, 0.25) is 0 Å². The van der Waals surface area contributed by atoms with Gasteiger partial charge in [0.05, 0.1) is 0 Å². The molecule has 0 saturated heterocycles. The van der Waals surface area contributed by atoms with Crippen molar-refractivity contribution in [3.05, 3.63) is 23.3 Å². The van der Waals surface area contributed by atoms with Gasteiger partial charge in [0.1, 0.15) is 19.3 Å². The molecule has 0 aliphatic heterocycles. The van der Waals surface area contributed by atoms with Gasteiger partial charge in [-0.2, -0.15) is 0 Å². The van der Waals surface area contributed by atoms with Crippen LogP contribution in [0.25, 0.3) is 0 Å². The minimum Gasteiger partial charge on any atom is -0.462 e. The number of fused-ring (bicyclic) bond motifs is 1. The molecule has 0 aromatic heterocycles. The van der Waals surface area contributed by atoms with E-state index in [1.165, 1.54) is 26.3 Å². The van der Waals surface area contributed by atoms with Crippen LogP contribution in [-0.4, -0.2) is 37.2 Å². The summed E-state index contributed by atoms with van der Waals surface area (Å²) in [6, 6.07) is 0. The smallest absolute Gasteiger partial charge is 0.303 e. The lowest BCUT2D eigenvalue weighted by Gasteiger charge is -2.58. The lowest BCUT2D eigenvalue weighted by atomic mass is 9.46. The highest BCUT2D eigenvalue weighted by atomic mass is 16.6. The van der Waals surface area contributed by atoms with Gasteiger partial charge < -0.3 is 14.2 Å². The molecule has 2 rings (SSSR count). The van der Waals surface area contributed by atoms with Gasteiger partial charge in [0, 0.05) is 26.3 Å². The van der Waals surface area contributed by atoms with Crippen molar-refractivity contribution >= 4 is 17.9 Å². The molecule has 1 fully saturated rings. The van der Waals surface area contributed by atoms with E-state index in [4.69, 9.17) is 14.2 Å². The number of allylic oxidation sites excluding steroid dienone is 2. The molecule has 2 aliphatic carbocycles. The van der Waals surface area contributed by atoms with E-state index in [1.807, 2.05) is 0 Å². The maximum absolute atomic E-state index is 12.1. The van der Waals surface area contributed by atoms with Crippen molar-refractivity contribution in [3.8, 4) is 0 Å². The summed E-state index contributed by atoms with van der Waals surface area (Å²) in [6.45, 7) is 13.4. The number of esters is 3. The van der Waals surface area contributed by atoms with E-state index in [-0.39, 0.29) is 30.0 Å². The van der Waals surface area contributed by atoms with Crippen LogP contribution in [-0.2, 0) is 28.6 Å². The van der Waals surface area contributed by atoms with Gasteiger partial charge in [-0.15, -0.1) is 0 Å². The Balaban J connectivity index is 2.40. The predicted molar refractivity (Wildman–Crippen MR) is 123 cm³/mol. The fraction of sp³-hybridized carbons (Fsp3) is 0.731. The quantitative estimate of drug-likeness (QED) is 0.290. The number of carbonyl (C=O) groups is 3. The van der Waals surface area contributed by atoms with Crippen LogP contribution in [0.4, 0.5) is 0 Å². The average molecular weight is 449 g/mol. The Morgan fingerprint density at radius 2 is 1.75 bits per heavy atom. The summed E-state index contributed by atoms with van der Waals surface area (Å²) in [4.78, 5) is 34.8. The second-order valence-corrected chi connectivity index (χ2v) is 10.0. The fourth-order valence-electron chi connectivity index (χ4n) is 5.84. The third kappa shape index (κ3) is 6.02. The summed E-state index contributed by atoms with van der Waals surface area (Å²) >= 11 is 0. The number of ether oxygens (including phenoxy) is 3. The molecule has 0 N–H and O–H groups in total. The van der Waals surface area contributed by atoms with Crippen LogP contribution >= 0.6 is 0 Å². The van der Waals surface area contributed by atoms with Gasteiger partial charge in [-0.1, -0.05) is 32.4 Å².